The van der Waals surface area contributed by atoms with E-state index in [-0.39, 0.29) is 12.1 Å². The summed E-state index contributed by atoms with van der Waals surface area (Å²) in [5.41, 5.74) is 1.05. The Kier molecular flexibility index (Phi) is 4.66. The standard InChI is InChI=1S/C14H20ClN3O/c1-11(12-4-3-5-13(15)10-12)17(2)14(19)18-8-6-16-7-9-18/h3-5,10-11,16H,6-9H2,1-2H3. The van der Waals surface area contributed by atoms with Crippen molar-refractivity contribution in [3.8, 4) is 0 Å². The van der Waals surface area contributed by atoms with Gasteiger partial charge in [-0.2, -0.15) is 0 Å². The Morgan fingerprint density at radius 1 is 1.42 bits per heavy atom. The summed E-state index contributed by atoms with van der Waals surface area (Å²) >= 11 is 6.00. The third kappa shape index (κ3) is 3.39. The Morgan fingerprint density at radius 3 is 2.74 bits per heavy atom. The lowest BCUT2D eigenvalue weighted by Crippen LogP contribution is -2.51. The summed E-state index contributed by atoms with van der Waals surface area (Å²) in [6.45, 7) is 5.29. The fourth-order valence-electron chi connectivity index (χ4n) is 2.23. The van der Waals surface area contributed by atoms with Crippen molar-refractivity contribution < 1.29 is 4.79 Å². The van der Waals surface area contributed by atoms with E-state index in [9.17, 15) is 4.79 Å². The smallest absolute Gasteiger partial charge is 0.320 e. The van der Waals surface area contributed by atoms with Crippen molar-refractivity contribution in [3.05, 3.63) is 34.9 Å². The van der Waals surface area contributed by atoms with E-state index in [1.54, 1.807) is 4.90 Å². The molecule has 104 valence electrons. The second-order valence-corrected chi connectivity index (χ2v) is 5.30. The molecule has 1 unspecified atom stereocenters. The van der Waals surface area contributed by atoms with Crippen LogP contribution in [0.3, 0.4) is 0 Å². The molecule has 2 amide bonds. The van der Waals surface area contributed by atoms with Gasteiger partial charge in [-0.1, -0.05) is 23.7 Å². The first-order valence-corrected chi connectivity index (χ1v) is 6.95. The molecule has 1 N–H and O–H groups in total. The van der Waals surface area contributed by atoms with Crippen molar-refractivity contribution in [3.63, 3.8) is 0 Å². The van der Waals surface area contributed by atoms with Gasteiger partial charge in [0, 0.05) is 38.2 Å². The molecule has 0 radical (unpaired) electrons. The van der Waals surface area contributed by atoms with Gasteiger partial charge in [-0.3, -0.25) is 0 Å². The van der Waals surface area contributed by atoms with Crippen molar-refractivity contribution in [2.24, 2.45) is 0 Å². The van der Waals surface area contributed by atoms with E-state index in [1.165, 1.54) is 0 Å². The van der Waals surface area contributed by atoms with Crippen LogP contribution in [-0.2, 0) is 0 Å². The van der Waals surface area contributed by atoms with E-state index in [2.05, 4.69) is 5.32 Å². The summed E-state index contributed by atoms with van der Waals surface area (Å²) in [5.74, 6) is 0. The number of halogens is 1. The molecular weight excluding hydrogens is 262 g/mol. The fraction of sp³-hybridized carbons (Fsp3) is 0.500. The van der Waals surface area contributed by atoms with Gasteiger partial charge < -0.3 is 15.1 Å². The molecule has 1 fully saturated rings. The summed E-state index contributed by atoms with van der Waals surface area (Å²) in [5, 5.41) is 3.95. The van der Waals surface area contributed by atoms with Crippen LogP contribution >= 0.6 is 11.6 Å². The van der Waals surface area contributed by atoms with E-state index < -0.39 is 0 Å². The highest BCUT2D eigenvalue weighted by Gasteiger charge is 2.23. The van der Waals surface area contributed by atoms with Gasteiger partial charge in [0.1, 0.15) is 0 Å². The zero-order chi connectivity index (χ0) is 13.8. The van der Waals surface area contributed by atoms with Crippen LogP contribution < -0.4 is 5.32 Å². The van der Waals surface area contributed by atoms with Crippen molar-refractivity contribution in [1.29, 1.82) is 0 Å². The Labute approximate surface area is 119 Å². The molecule has 0 saturated carbocycles. The van der Waals surface area contributed by atoms with E-state index in [4.69, 9.17) is 11.6 Å². The van der Waals surface area contributed by atoms with E-state index >= 15 is 0 Å². The van der Waals surface area contributed by atoms with Crippen LogP contribution in [0.2, 0.25) is 5.02 Å². The zero-order valence-electron chi connectivity index (χ0n) is 11.4. The van der Waals surface area contributed by atoms with Crippen LogP contribution in [0.1, 0.15) is 18.5 Å². The molecule has 19 heavy (non-hydrogen) atoms. The molecule has 1 saturated heterocycles. The number of benzene rings is 1. The van der Waals surface area contributed by atoms with Crippen LogP contribution in [0.25, 0.3) is 0 Å². The molecule has 0 bridgehead atoms. The Hall–Kier alpha value is -1.26. The molecule has 2 rings (SSSR count). The molecule has 1 atom stereocenters. The largest absolute Gasteiger partial charge is 0.322 e. The summed E-state index contributed by atoms with van der Waals surface area (Å²) in [6.07, 6.45) is 0. The number of amides is 2. The first kappa shape index (κ1) is 14.2. The third-order valence-electron chi connectivity index (χ3n) is 3.60. The lowest BCUT2D eigenvalue weighted by Gasteiger charge is -2.34. The zero-order valence-corrected chi connectivity index (χ0v) is 12.2. The maximum absolute atomic E-state index is 12.4. The third-order valence-corrected chi connectivity index (χ3v) is 3.84. The number of piperazine rings is 1. The highest BCUT2D eigenvalue weighted by atomic mass is 35.5. The molecule has 5 heteroatoms. The first-order chi connectivity index (χ1) is 9.09. The minimum absolute atomic E-state index is 0.0149. The number of hydrogen-bond acceptors (Lipinski definition) is 2. The summed E-state index contributed by atoms with van der Waals surface area (Å²) in [6, 6.07) is 7.76. The van der Waals surface area contributed by atoms with Gasteiger partial charge in [-0.15, -0.1) is 0 Å². The monoisotopic (exact) mass is 281 g/mol. The van der Waals surface area contributed by atoms with Gasteiger partial charge in [-0.05, 0) is 24.6 Å². The van der Waals surface area contributed by atoms with Crippen molar-refractivity contribution in [1.82, 2.24) is 15.1 Å². The quantitative estimate of drug-likeness (QED) is 0.903. The van der Waals surface area contributed by atoms with Crippen LogP contribution in [0.15, 0.2) is 24.3 Å². The van der Waals surface area contributed by atoms with Crippen molar-refractivity contribution in [2.75, 3.05) is 33.2 Å². The molecule has 1 heterocycles. The van der Waals surface area contributed by atoms with Crippen molar-refractivity contribution in [2.45, 2.75) is 13.0 Å². The molecular formula is C14H20ClN3O. The SMILES string of the molecule is CC(c1cccc(Cl)c1)N(C)C(=O)N1CCNCC1. The number of carbonyl (C=O) groups excluding carboxylic acids is 1. The normalized spacial score (nSPS) is 17.1. The Morgan fingerprint density at radius 2 is 2.11 bits per heavy atom. The molecule has 0 spiro atoms. The summed E-state index contributed by atoms with van der Waals surface area (Å²) in [7, 11) is 1.84. The fourth-order valence-corrected chi connectivity index (χ4v) is 2.43. The van der Waals surface area contributed by atoms with Gasteiger partial charge >= 0.3 is 6.03 Å². The van der Waals surface area contributed by atoms with Crippen LogP contribution in [0, 0.1) is 0 Å². The lowest BCUT2D eigenvalue weighted by molar-refractivity contribution is 0.143. The van der Waals surface area contributed by atoms with Crippen LogP contribution in [-0.4, -0.2) is 49.1 Å². The molecule has 1 aromatic rings. The lowest BCUT2D eigenvalue weighted by atomic mass is 10.1. The number of carbonyl (C=O) groups is 1. The molecule has 0 aromatic heterocycles. The van der Waals surface area contributed by atoms with Gasteiger partial charge in [0.2, 0.25) is 0 Å². The van der Waals surface area contributed by atoms with Crippen molar-refractivity contribution >= 4 is 17.6 Å². The number of urea groups is 1. The number of rotatable bonds is 2. The maximum Gasteiger partial charge on any atom is 0.320 e. The van der Waals surface area contributed by atoms with E-state index in [0.717, 1.165) is 31.7 Å². The molecule has 1 aliphatic rings. The number of nitrogens with zero attached hydrogens (tertiary/aromatic N) is 2. The number of hydrogen-bond donors (Lipinski definition) is 1. The highest BCUT2D eigenvalue weighted by Crippen LogP contribution is 2.22. The number of nitrogens with one attached hydrogen (secondary N) is 1. The first-order valence-electron chi connectivity index (χ1n) is 6.57. The topological polar surface area (TPSA) is 35.6 Å². The molecule has 0 aliphatic carbocycles. The minimum Gasteiger partial charge on any atom is -0.322 e. The average Bonchev–Trinajstić information content (AvgIpc) is 2.46. The summed E-state index contributed by atoms with van der Waals surface area (Å²) in [4.78, 5) is 16.1. The predicted molar refractivity (Wildman–Crippen MR) is 77.5 cm³/mol. The maximum atomic E-state index is 12.4. The Bertz CT molecular complexity index is 446. The molecule has 1 aliphatic heterocycles. The van der Waals surface area contributed by atoms with Gasteiger partial charge in [0.05, 0.1) is 6.04 Å². The molecule has 4 nitrogen and oxygen atoms in total. The van der Waals surface area contributed by atoms with Crippen LogP contribution in [0.5, 0.6) is 0 Å². The van der Waals surface area contributed by atoms with E-state index in [0.29, 0.717) is 5.02 Å². The Balaban J connectivity index is 2.05. The van der Waals surface area contributed by atoms with E-state index in [1.807, 2.05) is 43.1 Å². The van der Waals surface area contributed by atoms with Gasteiger partial charge in [-0.25, -0.2) is 4.79 Å². The molecule has 1 aromatic carbocycles. The minimum atomic E-state index is 0.0149. The predicted octanol–water partition coefficient (Wildman–Crippen LogP) is 2.36. The second-order valence-electron chi connectivity index (χ2n) is 4.86. The second kappa shape index (κ2) is 6.26. The summed E-state index contributed by atoms with van der Waals surface area (Å²) < 4.78 is 0. The van der Waals surface area contributed by atoms with Gasteiger partial charge in [0.25, 0.3) is 0 Å². The average molecular weight is 282 g/mol. The van der Waals surface area contributed by atoms with Gasteiger partial charge in [0.15, 0.2) is 0 Å². The van der Waals surface area contributed by atoms with Crippen LogP contribution in [0.4, 0.5) is 4.79 Å². The highest BCUT2D eigenvalue weighted by molar-refractivity contribution is 6.30.